The van der Waals surface area contributed by atoms with Crippen LogP contribution in [0.1, 0.15) is 46.6 Å². The summed E-state index contributed by atoms with van der Waals surface area (Å²) in [5.74, 6) is -0.676. The molecule has 1 aliphatic rings. The standard InChI is InChI=1S/C21H22N2O4/c1-15-4-2-5-18(22-15)6-3-13-27-21(26)17-9-7-16(8-10-17)14-23-19(24)11-12-20(23)25/h2,4-5,7-10H,3,6,11-14H2,1H3. The minimum atomic E-state index is -0.382. The molecule has 6 heteroatoms. The zero-order valence-corrected chi connectivity index (χ0v) is 15.3. The number of likely N-dealkylation sites (tertiary alicyclic amines) is 1. The van der Waals surface area contributed by atoms with E-state index in [0.717, 1.165) is 23.4 Å². The van der Waals surface area contributed by atoms with E-state index in [1.54, 1.807) is 24.3 Å². The fourth-order valence-electron chi connectivity index (χ4n) is 2.97. The van der Waals surface area contributed by atoms with Gasteiger partial charge in [-0.15, -0.1) is 0 Å². The Balaban J connectivity index is 1.46. The monoisotopic (exact) mass is 366 g/mol. The molecule has 1 aromatic heterocycles. The minimum absolute atomic E-state index is 0.147. The van der Waals surface area contributed by atoms with Gasteiger partial charge in [0.15, 0.2) is 0 Å². The summed E-state index contributed by atoms with van der Waals surface area (Å²) in [6.07, 6.45) is 2.02. The second-order valence-electron chi connectivity index (χ2n) is 6.58. The van der Waals surface area contributed by atoms with Crippen LogP contribution < -0.4 is 0 Å². The molecule has 0 bridgehead atoms. The maximum atomic E-state index is 12.1. The molecule has 0 unspecified atom stereocenters. The molecule has 1 aromatic carbocycles. The van der Waals surface area contributed by atoms with E-state index in [4.69, 9.17) is 4.74 Å². The number of aromatic nitrogens is 1. The Morgan fingerprint density at radius 3 is 2.44 bits per heavy atom. The molecule has 1 aliphatic heterocycles. The maximum absolute atomic E-state index is 12.1. The molecular formula is C21H22N2O4. The summed E-state index contributed by atoms with van der Waals surface area (Å²) in [6.45, 7) is 2.52. The molecule has 1 saturated heterocycles. The Hall–Kier alpha value is -3.02. The van der Waals surface area contributed by atoms with Gasteiger partial charge in [0.1, 0.15) is 0 Å². The van der Waals surface area contributed by atoms with E-state index in [1.807, 2.05) is 25.1 Å². The molecule has 27 heavy (non-hydrogen) atoms. The van der Waals surface area contributed by atoms with E-state index >= 15 is 0 Å². The highest BCUT2D eigenvalue weighted by molar-refractivity contribution is 6.01. The molecule has 1 fully saturated rings. The van der Waals surface area contributed by atoms with Crippen molar-refractivity contribution in [1.82, 2.24) is 9.88 Å². The number of hydrogen-bond acceptors (Lipinski definition) is 5. The Labute approximate surface area is 158 Å². The summed E-state index contributed by atoms with van der Waals surface area (Å²) in [5, 5.41) is 0. The van der Waals surface area contributed by atoms with Crippen molar-refractivity contribution in [2.24, 2.45) is 0 Å². The van der Waals surface area contributed by atoms with Crippen molar-refractivity contribution in [1.29, 1.82) is 0 Å². The first kappa shape index (κ1) is 18.8. The van der Waals surface area contributed by atoms with Crippen molar-refractivity contribution in [3.8, 4) is 0 Å². The molecule has 3 rings (SSSR count). The van der Waals surface area contributed by atoms with Gasteiger partial charge in [0.25, 0.3) is 0 Å². The highest BCUT2D eigenvalue weighted by Crippen LogP contribution is 2.16. The number of carbonyl (C=O) groups is 3. The lowest BCUT2D eigenvalue weighted by Crippen LogP contribution is -2.28. The van der Waals surface area contributed by atoms with Gasteiger partial charge in [0, 0.05) is 24.2 Å². The fourth-order valence-corrected chi connectivity index (χ4v) is 2.97. The molecule has 0 spiro atoms. The van der Waals surface area contributed by atoms with Crippen LogP contribution in [0, 0.1) is 6.92 Å². The third-order valence-electron chi connectivity index (χ3n) is 4.44. The third-order valence-corrected chi connectivity index (χ3v) is 4.44. The number of carbonyl (C=O) groups excluding carboxylic acids is 3. The fraction of sp³-hybridized carbons (Fsp3) is 0.333. The first-order chi connectivity index (χ1) is 13.0. The Kier molecular flexibility index (Phi) is 5.96. The molecule has 140 valence electrons. The number of amides is 2. The van der Waals surface area contributed by atoms with E-state index in [-0.39, 0.29) is 37.2 Å². The Morgan fingerprint density at radius 2 is 1.78 bits per heavy atom. The molecule has 0 aliphatic carbocycles. The predicted octanol–water partition coefficient (Wildman–Crippen LogP) is 2.83. The van der Waals surface area contributed by atoms with Crippen molar-refractivity contribution in [3.63, 3.8) is 0 Å². The number of pyridine rings is 1. The average molecular weight is 366 g/mol. The highest BCUT2D eigenvalue weighted by Gasteiger charge is 2.28. The summed E-state index contributed by atoms with van der Waals surface area (Å²) in [7, 11) is 0. The third kappa shape index (κ3) is 5.00. The maximum Gasteiger partial charge on any atom is 0.338 e. The van der Waals surface area contributed by atoms with E-state index in [1.165, 1.54) is 4.90 Å². The van der Waals surface area contributed by atoms with Crippen LogP contribution in [0.4, 0.5) is 0 Å². The lowest BCUT2D eigenvalue weighted by Gasteiger charge is -2.13. The van der Waals surface area contributed by atoms with Gasteiger partial charge in [-0.2, -0.15) is 0 Å². The van der Waals surface area contributed by atoms with Gasteiger partial charge >= 0.3 is 5.97 Å². The summed E-state index contributed by atoms with van der Waals surface area (Å²) >= 11 is 0. The lowest BCUT2D eigenvalue weighted by molar-refractivity contribution is -0.139. The largest absolute Gasteiger partial charge is 0.462 e. The summed E-state index contributed by atoms with van der Waals surface area (Å²) in [4.78, 5) is 41.1. The van der Waals surface area contributed by atoms with Gasteiger partial charge in [-0.1, -0.05) is 18.2 Å². The molecule has 6 nitrogen and oxygen atoms in total. The molecule has 0 N–H and O–H groups in total. The predicted molar refractivity (Wildman–Crippen MR) is 98.8 cm³/mol. The van der Waals surface area contributed by atoms with Crippen LogP contribution in [0.3, 0.4) is 0 Å². The van der Waals surface area contributed by atoms with E-state index in [2.05, 4.69) is 4.98 Å². The summed E-state index contributed by atoms with van der Waals surface area (Å²) in [5.41, 5.74) is 3.22. The minimum Gasteiger partial charge on any atom is -0.462 e. The summed E-state index contributed by atoms with van der Waals surface area (Å²) < 4.78 is 5.30. The number of benzene rings is 1. The van der Waals surface area contributed by atoms with Crippen molar-refractivity contribution in [2.75, 3.05) is 6.61 Å². The Bertz CT molecular complexity index is 830. The number of imide groups is 1. The van der Waals surface area contributed by atoms with E-state index in [0.29, 0.717) is 18.6 Å². The van der Waals surface area contributed by atoms with Gasteiger partial charge in [0.2, 0.25) is 11.8 Å². The topological polar surface area (TPSA) is 76.6 Å². The molecular weight excluding hydrogens is 344 g/mol. The number of rotatable bonds is 7. The zero-order valence-electron chi connectivity index (χ0n) is 15.3. The SMILES string of the molecule is Cc1cccc(CCCOC(=O)c2ccc(CN3C(=O)CCC3=O)cc2)n1. The summed E-state index contributed by atoms with van der Waals surface area (Å²) in [6, 6.07) is 12.7. The lowest BCUT2D eigenvalue weighted by atomic mass is 10.1. The van der Waals surface area contributed by atoms with Crippen LogP contribution >= 0.6 is 0 Å². The van der Waals surface area contributed by atoms with Crippen molar-refractivity contribution in [3.05, 3.63) is 65.0 Å². The second kappa shape index (κ2) is 8.58. The van der Waals surface area contributed by atoms with Crippen molar-refractivity contribution < 1.29 is 19.1 Å². The average Bonchev–Trinajstić information content (AvgIpc) is 2.98. The van der Waals surface area contributed by atoms with Crippen molar-refractivity contribution in [2.45, 2.75) is 39.2 Å². The quantitative estimate of drug-likeness (QED) is 0.428. The number of aryl methyl sites for hydroxylation is 2. The number of esters is 1. The van der Waals surface area contributed by atoms with E-state index < -0.39 is 0 Å². The number of ether oxygens (including phenoxy) is 1. The van der Waals surface area contributed by atoms with Crippen LogP contribution in [-0.2, 0) is 27.3 Å². The van der Waals surface area contributed by atoms with Gasteiger partial charge < -0.3 is 4.74 Å². The molecule has 2 amide bonds. The molecule has 0 radical (unpaired) electrons. The number of nitrogens with zero attached hydrogens (tertiary/aromatic N) is 2. The van der Waals surface area contributed by atoms with Crippen molar-refractivity contribution >= 4 is 17.8 Å². The first-order valence-electron chi connectivity index (χ1n) is 9.05. The smallest absolute Gasteiger partial charge is 0.338 e. The van der Waals surface area contributed by atoms with Crippen LogP contribution in [-0.4, -0.2) is 34.3 Å². The Morgan fingerprint density at radius 1 is 1.07 bits per heavy atom. The zero-order chi connectivity index (χ0) is 19.2. The van der Waals surface area contributed by atoms with Crippen LogP contribution in [0.15, 0.2) is 42.5 Å². The highest BCUT2D eigenvalue weighted by atomic mass is 16.5. The second-order valence-corrected chi connectivity index (χ2v) is 6.58. The molecule has 0 atom stereocenters. The molecule has 2 heterocycles. The van der Waals surface area contributed by atoms with Gasteiger partial charge in [-0.05, 0) is 49.6 Å². The molecule has 2 aromatic rings. The van der Waals surface area contributed by atoms with Gasteiger partial charge in [-0.25, -0.2) is 4.79 Å². The van der Waals surface area contributed by atoms with Gasteiger partial charge in [-0.3, -0.25) is 19.5 Å². The normalized spacial score (nSPS) is 13.9. The first-order valence-corrected chi connectivity index (χ1v) is 9.05. The number of hydrogen-bond donors (Lipinski definition) is 0. The van der Waals surface area contributed by atoms with Crippen LogP contribution in [0.5, 0.6) is 0 Å². The van der Waals surface area contributed by atoms with Crippen LogP contribution in [0.2, 0.25) is 0 Å². The van der Waals surface area contributed by atoms with Gasteiger partial charge in [0.05, 0.1) is 18.7 Å². The van der Waals surface area contributed by atoms with E-state index in [9.17, 15) is 14.4 Å². The molecule has 0 saturated carbocycles. The van der Waals surface area contributed by atoms with Crippen LogP contribution in [0.25, 0.3) is 0 Å².